The first-order valence-corrected chi connectivity index (χ1v) is 6.93. The molecule has 104 valence electrons. The molecule has 3 rings (SSSR count). The predicted molar refractivity (Wildman–Crippen MR) is 81.0 cm³/mol. The number of ether oxygens (including phenoxy) is 1. The molecule has 1 heterocycles. The molecule has 0 radical (unpaired) electrons. The van der Waals surface area contributed by atoms with Gasteiger partial charge >= 0.3 is 7.12 Å². The van der Waals surface area contributed by atoms with Gasteiger partial charge < -0.3 is 14.4 Å². The molecule has 4 heteroatoms. The van der Waals surface area contributed by atoms with Gasteiger partial charge in [0.15, 0.2) is 0 Å². The molecule has 0 bridgehead atoms. The van der Waals surface area contributed by atoms with Crippen LogP contribution in [0.5, 0.6) is 5.75 Å². The Hall–Kier alpha value is -1.78. The van der Waals surface area contributed by atoms with Gasteiger partial charge in [-0.15, -0.1) is 0 Å². The monoisotopic (exact) mass is 270 g/mol. The minimum Gasteiger partial charge on any atom is -0.489 e. The van der Waals surface area contributed by atoms with Crippen molar-refractivity contribution in [3.8, 4) is 5.75 Å². The minimum atomic E-state index is -0.869. The zero-order valence-corrected chi connectivity index (χ0v) is 11.9. The Labute approximate surface area is 120 Å². The van der Waals surface area contributed by atoms with Crippen LogP contribution in [0.2, 0.25) is 0 Å². The van der Waals surface area contributed by atoms with E-state index in [1.807, 2.05) is 62.4 Å². The van der Waals surface area contributed by atoms with Crippen molar-refractivity contribution in [1.29, 1.82) is 0 Å². The van der Waals surface area contributed by atoms with Crippen molar-refractivity contribution in [2.24, 2.45) is 0 Å². The number of fused-ring (bicyclic) bond motifs is 1. The first-order valence-electron chi connectivity index (χ1n) is 6.93. The van der Waals surface area contributed by atoms with Crippen molar-refractivity contribution < 1.29 is 14.4 Å². The number of benzene rings is 2. The topological polar surface area (TPSA) is 38.7 Å². The van der Waals surface area contributed by atoms with Gasteiger partial charge in [0.2, 0.25) is 0 Å². The highest BCUT2D eigenvalue weighted by molar-refractivity contribution is 6.62. The van der Waals surface area contributed by atoms with Gasteiger partial charge in [-0.25, -0.2) is 0 Å². The van der Waals surface area contributed by atoms with E-state index in [1.54, 1.807) is 0 Å². The zero-order chi connectivity index (χ0) is 14.4. The van der Waals surface area contributed by atoms with Gasteiger partial charge in [0.25, 0.3) is 0 Å². The third-order valence-corrected chi connectivity index (χ3v) is 3.04. The molecule has 2 aromatic rings. The fourth-order valence-corrected chi connectivity index (χ4v) is 2.11. The Balaban J connectivity index is 0.000000704. The largest absolute Gasteiger partial charge is 0.495 e. The van der Waals surface area contributed by atoms with Crippen LogP contribution in [0.3, 0.4) is 0 Å². The minimum absolute atomic E-state index is 0.443. The lowest BCUT2D eigenvalue weighted by atomic mass is 9.79. The molecule has 0 amide bonds. The molecule has 0 unspecified atom stereocenters. The van der Waals surface area contributed by atoms with Crippen molar-refractivity contribution in [3.05, 3.63) is 59.7 Å². The fraction of sp³-hybridized carbons (Fsp3) is 0.250. The molecule has 0 spiro atoms. The van der Waals surface area contributed by atoms with Crippen molar-refractivity contribution in [3.63, 3.8) is 0 Å². The zero-order valence-electron chi connectivity index (χ0n) is 11.9. The van der Waals surface area contributed by atoms with Gasteiger partial charge in [-0.05, 0) is 17.2 Å². The van der Waals surface area contributed by atoms with Gasteiger partial charge in [-0.1, -0.05) is 56.3 Å². The summed E-state index contributed by atoms with van der Waals surface area (Å²) >= 11 is 0. The van der Waals surface area contributed by atoms with E-state index in [0.29, 0.717) is 19.0 Å². The summed E-state index contributed by atoms with van der Waals surface area (Å²) in [5.41, 5.74) is 2.85. The van der Waals surface area contributed by atoms with Crippen molar-refractivity contribution in [2.45, 2.75) is 27.1 Å². The molecule has 0 aliphatic carbocycles. The van der Waals surface area contributed by atoms with Crippen LogP contribution in [0.4, 0.5) is 0 Å². The molecule has 2 aromatic carbocycles. The molecule has 1 N–H and O–H groups in total. The number of rotatable bonds is 3. The molecule has 0 aromatic heterocycles. The lowest BCUT2D eigenvalue weighted by Crippen LogP contribution is -2.29. The Bertz CT molecular complexity index is 543. The van der Waals surface area contributed by atoms with Crippen molar-refractivity contribution in [2.75, 3.05) is 0 Å². The molecule has 1 aliphatic rings. The molecule has 0 fully saturated rings. The summed E-state index contributed by atoms with van der Waals surface area (Å²) in [6, 6.07) is 15.7. The second-order valence-electron chi connectivity index (χ2n) is 4.27. The molecular formula is C16H19BO3. The van der Waals surface area contributed by atoms with E-state index >= 15 is 0 Å². The van der Waals surface area contributed by atoms with Crippen LogP contribution in [0.25, 0.3) is 0 Å². The fourth-order valence-electron chi connectivity index (χ4n) is 2.11. The van der Waals surface area contributed by atoms with E-state index in [2.05, 4.69) is 0 Å². The maximum atomic E-state index is 9.76. The van der Waals surface area contributed by atoms with E-state index in [1.165, 1.54) is 0 Å². The van der Waals surface area contributed by atoms with Crippen LogP contribution < -0.4 is 10.2 Å². The van der Waals surface area contributed by atoms with Gasteiger partial charge in [0.05, 0.1) is 6.61 Å². The van der Waals surface area contributed by atoms with Crippen LogP contribution in [0.15, 0.2) is 48.5 Å². The first kappa shape index (κ1) is 14.6. The normalized spacial score (nSPS) is 12.4. The highest BCUT2D eigenvalue weighted by Crippen LogP contribution is 2.19. The second-order valence-corrected chi connectivity index (χ2v) is 4.27. The van der Waals surface area contributed by atoms with Crippen LogP contribution in [0, 0.1) is 0 Å². The number of hydrogen-bond acceptors (Lipinski definition) is 3. The highest BCUT2D eigenvalue weighted by Gasteiger charge is 2.30. The predicted octanol–water partition coefficient (Wildman–Crippen LogP) is 2.51. The lowest BCUT2D eigenvalue weighted by molar-refractivity contribution is 0.274. The molecule has 0 saturated heterocycles. The number of hydrogen-bond donors (Lipinski definition) is 1. The molecule has 20 heavy (non-hydrogen) atoms. The summed E-state index contributed by atoms with van der Waals surface area (Å²) in [5, 5.41) is 9.76. The SMILES string of the molecule is CC.OB1OCc2cccc(OCc3ccccc3)c21. The summed E-state index contributed by atoms with van der Waals surface area (Å²) in [6.45, 7) is 4.93. The first-order chi connectivity index (χ1) is 9.84. The summed E-state index contributed by atoms with van der Waals surface area (Å²) in [7, 11) is -0.869. The molecule has 0 saturated carbocycles. The Morgan fingerprint density at radius 1 is 1.10 bits per heavy atom. The van der Waals surface area contributed by atoms with Crippen LogP contribution in [0.1, 0.15) is 25.0 Å². The Morgan fingerprint density at radius 2 is 1.85 bits per heavy atom. The summed E-state index contributed by atoms with van der Waals surface area (Å²) < 4.78 is 11.0. The lowest BCUT2D eigenvalue weighted by Gasteiger charge is -2.10. The smallest absolute Gasteiger partial charge is 0.489 e. The maximum absolute atomic E-state index is 9.76. The molecule has 1 aliphatic heterocycles. The summed E-state index contributed by atoms with van der Waals surface area (Å²) in [5.74, 6) is 0.696. The van der Waals surface area contributed by atoms with E-state index in [-0.39, 0.29) is 0 Å². The average Bonchev–Trinajstić information content (AvgIpc) is 2.90. The summed E-state index contributed by atoms with van der Waals surface area (Å²) in [6.07, 6.45) is 0. The highest BCUT2D eigenvalue weighted by atomic mass is 16.5. The van der Waals surface area contributed by atoms with E-state index in [4.69, 9.17) is 9.39 Å². The van der Waals surface area contributed by atoms with E-state index < -0.39 is 7.12 Å². The third-order valence-electron chi connectivity index (χ3n) is 3.04. The molecule has 3 nitrogen and oxygen atoms in total. The van der Waals surface area contributed by atoms with Gasteiger partial charge in [0, 0.05) is 5.46 Å². The third kappa shape index (κ3) is 3.21. The maximum Gasteiger partial charge on any atom is 0.495 e. The van der Waals surface area contributed by atoms with Gasteiger partial charge in [-0.2, -0.15) is 0 Å². The average molecular weight is 270 g/mol. The summed E-state index contributed by atoms with van der Waals surface area (Å²) in [4.78, 5) is 0. The van der Waals surface area contributed by atoms with E-state index in [9.17, 15) is 5.02 Å². The van der Waals surface area contributed by atoms with Crippen molar-refractivity contribution in [1.82, 2.24) is 0 Å². The Morgan fingerprint density at radius 3 is 2.60 bits per heavy atom. The second kappa shape index (κ2) is 7.13. The van der Waals surface area contributed by atoms with Gasteiger partial charge in [-0.3, -0.25) is 0 Å². The van der Waals surface area contributed by atoms with E-state index in [0.717, 1.165) is 16.6 Å². The molecular weight excluding hydrogens is 251 g/mol. The standard InChI is InChI=1S/C14H13BO3.C2H6/c16-15-14-12(10-18-15)7-4-8-13(14)17-9-11-5-2-1-3-6-11;1-2/h1-8,16H,9-10H2;1-2H3. The van der Waals surface area contributed by atoms with Crippen LogP contribution >= 0.6 is 0 Å². The Kier molecular flexibility index (Phi) is 5.21. The molecule has 0 atom stereocenters. The van der Waals surface area contributed by atoms with Crippen molar-refractivity contribution >= 4 is 12.6 Å². The van der Waals surface area contributed by atoms with Gasteiger partial charge in [0.1, 0.15) is 12.4 Å². The van der Waals surface area contributed by atoms with Crippen LogP contribution in [-0.4, -0.2) is 12.1 Å². The van der Waals surface area contributed by atoms with Crippen LogP contribution in [-0.2, 0) is 17.9 Å². The quantitative estimate of drug-likeness (QED) is 0.871.